The molecule has 0 N–H and O–H groups in total. The maximum absolute atomic E-state index is 5.24. The summed E-state index contributed by atoms with van der Waals surface area (Å²) in [5.41, 5.74) is 1.14. The maximum atomic E-state index is 5.24. The molecule has 58 valence electrons. The van der Waals surface area contributed by atoms with Crippen LogP contribution in [0, 0.1) is 0 Å². The van der Waals surface area contributed by atoms with Gasteiger partial charge in [0.2, 0.25) is 0 Å². The van der Waals surface area contributed by atoms with Crippen LogP contribution in [-0.4, -0.2) is 18.5 Å². The molecule has 0 saturated carbocycles. The van der Waals surface area contributed by atoms with Crippen molar-refractivity contribution >= 4 is 15.9 Å². The normalized spacial score (nSPS) is 11.6. The quantitative estimate of drug-likeness (QED) is 0.380. The van der Waals surface area contributed by atoms with Gasteiger partial charge < -0.3 is 4.74 Å². The van der Waals surface area contributed by atoms with Gasteiger partial charge >= 0.3 is 0 Å². The van der Waals surface area contributed by atoms with Crippen molar-refractivity contribution in [3.8, 4) is 0 Å². The Morgan fingerprint density at radius 3 is 2.80 bits per heavy atom. The number of halogens is 1. The molecule has 0 aromatic rings. The van der Waals surface area contributed by atoms with E-state index in [1.54, 1.807) is 0 Å². The van der Waals surface area contributed by atoms with Gasteiger partial charge in [-0.1, -0.05) is 34.7 Å². The summed E-state index contributed by atoms with van der Waals surface area (Å²) >= 11 is 3.27. The summed E-state index contributed by atoms with van der Waals surface area (Å²) in [7, 11) is 0. The lowest BCUT2D eigenvalue weighted by Gasteiger charge is -2.00. The fraction of sp³-hybridized carbons (Fsp3) is 0.500. The van der Waals surface area contributed by atoms with Crippen LogP contribution in [0.1, 0.15) is 6.92 Å². The van der Waals surface area contributed by atoms with Crippen molar-refractivity contribution in [1.82, 2.24) is 0 Å². The second-order valence-electron chi connectivity index (χ2n) is 1.81. The molecule has 2 heteroatoms. The van der Waals surface area contributed by atoms with Crippen LogP contribution >= 0.6 is 15.9 Å². The van der Waals surface area contributed by atoms with Crippen LogP contribution in [0.2, 0.25) is 0 Å². The standard InChI is InChI=1S/C8H13BrO/c1-3-8(4-2)7-10-6-5-9/h3-4H,1,5-7H2,2H3/b8-4+. The number of hydrogen-bond acceptors (Lipinski definition) is 1. The molecule has 0 bridgehead atoms. The molecule has 0 amide bonds. The minimum absolute atomic E-state index is 0.672. The first kappa shape index (κ1) is 9.92. The van der Waals surface area contributed by atoms with Gasteiger partial charge in [-0.2, -0.15) is 0 Å². The summed E-state index contributed by atoms with van der Waals surface area (Å²) in [6.45, 7) is 7.06. The van der Waals surface area contributed by atoms with Gasteiger partial charge in [-0.15, -0.1) is 0 Å². The molecule has 0 unspecified atom stereocenters. The van der Waals surface area contributed by atoms with E-state index in [0.717, 1.165) is 17.5 Å². The Morgan fingerprint density at radius 1 is 1.70 bits per heavy atom. The van der Waals surface area contributed by atoms with Crippen molar-refractivity contribution in [3.63, 3.8) is 0 Å². The Kier molecular flexibility index (Phi) is 6.98. The van der Waals surface area contributed by atoms with Crippen molar-refractivity contribution in [3.05, 3.63) is 24.3 Å². The molecule has 0 heterocycles. The summed E-state index contributed by atoms with van der Waals surface area (Å²) < 4.78 is 5.24. The lowest BCUT2D eigenvalue weighted by molar-refractivity contribution is 0.176. The number of rotatable bonds is 5. The van der Waals surface area contributed by atoms with Gasteiger partial charge in [0.15, 0.2) is 0 Å². The summed E-state index contributed by atoms with van der Waals surface area (Å²) in [6, 6.07) is 0. The van der Waals surface area contributed by atoms with Crippen molar-refractivity contribution in [1.29, 1.82) is 0 Å². The molecular weight excluding hydrogens is 192 g/mol. The number of alkyl halides is 1. The Balaban J connectivity index is 3.36. The Morgan fingerprint density at radius 2 is 2.40 bits per heavy atom. The minimum Gasteiger partial charge on any atom is -0.376 e. The van der Waals surface area contributed by atoms with Crippen molar-refractivity contribution < 1.29 is 4.74 Å². The van der Waals surface area contributed by atoms with Gasteiger partial charge in [0.1, 0.15) is 0 Å². The van der Waals surface area contributed by atoms with Crippen molar-refractivity contribution in [2.45, 2.75) is 6.92 Å². The molecule has 0 spiro atoms. The first-order valence-electron chi connectivity index (χ1n) is 3.26. The highest BCUT2D eigenvalue weighted by molar-refractivity contribution is 9.09. The first-order chi connectivity index (χ1) is 4.85. The number of ether oxygens (including phenoxy) is 1. The molecular formula is C8H13BrO. The largest absolute Gasteiger partial charge is 0.376 e. The van der Waals surface area contributed by atoms with Gasteiger partial charge in [0, 0.05) is 5.33 Å². The van der Waals surface area contributed by atoms with Gasteiger partial charge in [-0.3, -0.25) is 0 Å². The van der Waals surface area contributed by atoms with Crippen LogP contribution in [0.25, 0.3) is 0 Å². The Bertz CT molecular complexity index is 118. The van der Waals surface area contributed by atoms with E-state index >= 15 is 0 Å². The average Bonchev–Trinajstić information content (AvgIpc) is 1.99. The smallest absolute Gasteiger partial charge is 0.0713 e. The highest BCUT2D eigenvalue weighted by Gasteiger charge is 1.88. The molecule has 0 radical (unpaired) electrons. The molecule has 0 atom stereocenters. The average molecular weight is 205 g/mol. The van der Waals surface area contributed by atoms with Crippen LogP contribution < -0.4 is 0 Å². The Labute approximate surface area is 70.9 Å². The SMILES string of the molecule is C=C/C(=C\C)COCCBr. The van der Waals surface area contributed by atoms with E-state index in [4.69, 9.17) is 4.74 Å². The predicted molar refractivity (Wildman–Crippen MR) is 48.6 cm³/mol. The summed E-state index contributed by atoms with van der Waals surface area (Å²) in [5.74, 6) is 0. The molecule has 0 aromatic heterocycles. The number of allylic oxidation sites excluding steroid dienone is 1. The van der Waals surface area contributed by atoms with E-state index in [1.165, 1.54) is 0 Å². The van der Waals surface area contributed by atoms with Gasteiger partial charge in [0.05, 0.1) is 13.2 Å². The van der Waals surface area contributed by atoms with E-state index in [2.05, 4.69) is 22.5 Å². The molecule has 0 rings (SSSR count). The lowest BCUT2D eigenvalue weighted by atomic mass is 10.3. The minimum atomic E-state index is 0.672. The third-order valence-electron chi connectivity index (χ3n) is 1.12. The van der Waals surface area contributed by atoms with Crippen molar-refractivity contribution in [2.24, 2.45) is 0 Å². The fourth-order valence-electron chi connectivity index (χ4n) is 0.505. The zero-order valence-corrected chi connectivity index (χ0v) is 7.86. The molecule has 0 saturated heterocycles. The van der Waals surface area contributed by atoms with E-state index in [1.807, 2.05) is 19.1 Å². The van der Waals surface area contributed by atoms with Gasteiger partial charge in [0.25, 0.3) is 0 Å². The highest BCUT2D eigenvalue weighted by Crippen LogP contribution is 1.95. The van der Waals surface area contributed by atoms with Crippen molar-refractivity contribution in [2.75, 3.05) is 18.5 Å². The summed E-state index contributed by atoms with van der Waals surface area (Å²) in [4.78, 5) is 0. The highest BCUT2D eigenvalue weighted by atomic mass is 79.9. The third-order valence-corrected chi connectivity index (χ3v) is 1.45. The van der Waals surface area contributed by atoms with Crippen LogP contribution in [0.3, 0.4) is 0 Å². The van der Waals surface area contributed by atoms with Gasteiger partial charge in [-0.25, -0.2) is 0 Å². The van der Waals surface area contributed by atoms with E-state index in [-0.39, 0.29) is 0 Å². The second kappa shape index (κ2) is 7.03. The van der Waals surface area contributed by atoms with Gasteiger partial charge in [-0.05, 0) is 12.5 Å². The van der Waals surface area contributed by atoms with E-state index < -0.39 is 0 Å². The number of hydrogen-bond donors (Lipinski definition) is 0. The second-order valence-corrected chi connectivity index (χ2v) is 2.60. The molecule has 0 fully saturated rings. The predicted octanol–water partition coefficient (Wildman–Crippen LogP) is 2.53. The molecule has 0 aromatic carbocycles. The Hall–Kier alpha value is -0.0800. The van der Waals surface area contributed by atoms with E-state index in [0.29, 0.717) is 6.61 Å². The maximum Gasteiger partial charge on any atom is 0.0713 e. The molecule has 10 heavy (non-hydrogen) atoms. The topological polar surface area (TPSA) is 9.23 Å². The monoisotopic (exact) mass is 204 g/mol. The fourth-order valence-corrected chi connectivity index (χ4v) is 0.734. The van der Waals surface area contributed by atoms with Crippen LogP contribution in [0.4, 0.5) is 0 Å². The summed E-state index contributed by atoms with van der Waals surface area (Å²) in [5, 5.41) is 0.890. The molecule has 0 aliphatic heterocycles. The van der Waals surface area contributed by atoms with Crippen LogP contribution in [-0.2, 0) is 4.74 Å². The zero-order valence-electron chi connectivity index (χ0n) is 6.27. The molecule has 0 aliphatic carbocycles. The molecule has 0 aliphatic rings. The first-order valence-corrected chi connectivity index (χ1v) is 4.38. The third kappa shape index (κ3) is 4.77. The van der Waals surface area contributed by atoms with Crippen LogP contribution in [0.15, 0.2) is 24.3 Å². The zero-order chi connectivity index (χ0) is 7.82. The lowest BCUT2D eigenvalue weighted by Crippen LogP contribution is -1.98. The molecule has 1 nitrogen and oxygen atoms in total. The van der Waals surface area contributed by atoms with Crippen LogP contribution in [0.5, 0.6) is 0 Å². The van der Waals surface area contributed by atoms with E-state index in [9.17, 15) is 0 Å². The summed E-state index contributed by atoms with van der Waals surface area (Å²) in [6.07, 6.45) is 3.81.